The Morgan fingerprint density at radius 1 is 1.30 bits per heavy atom. The van der Waals surface area contributed by atoms with Crippen LogP contribution in [0.4, 0.5) is 0 Å². The molecule has 0 amide bonds. The second-order valence-corrected chi connectivity index (χ2v) is 5.66. The molecule has 0 saturated carbocycles. The molecule has 0 saturated heterocycles. The van der Waals surface area contributed by atoms with Crippen LogP contribution in [0, 0.1) is 4.77 Å². The molecule has 0 aliphatic heterocycles. The van der Waals surface area contributed by atoms with Crippen LogP contribution in [0.3, 0.4) is 0 Å². The van der Waals surface area contributed by atoms with Gasteiger partial charge >= 0.3 is 0 Å². The minimum absolute atomic E-state index is 0.355. The zero-order valence-corrected chi connectivity index (χ0v) is 13.9. The van der Waals surface area contributed by atoms with Crippen LogP contribution < -0.4 is 0 Å². The number of aromatic nitrogens is 3. The van der Waals surface area contributed by atoms with Gasteiger partial charge in [-0.05, 0) is 54.7 Å². The monoisotopic (exact) mass is 364 g/mol. The molecule has 8 heteroatoms. The van der Waals surface area contributed by atoms with Crippen LogP contribution in [-0.4, -0.2) is 21.1 Å². The first kappa shape index (κ1) is 15.7. The van der Waals surface area contributed by atoms with E-state index in [1.165, 1.54) is 4.68 Å². The summed E-state index contributed by atoms with van der Waals surface area (Å²) in [5.41, 5.74) is 0.676. The highest BCUT2D eigenvalue weighted by Crippen LogP contribution is 2.29. The first-order valence-electron chi connectivity index (χ1n) is 6.52. The fourth-order valence-electron chi connectivity index (χ4n) is 1.87. The summed E-state index contributed by atoms with van der Waals surface area (Å²) in [7, 11) is 0. The van der Waals surface area contributed by atoms with Crippen molar-refractivity contribution in [2.24, 2.45) is 5.10 Å². The molecule has 1 aromatic carbocycles. The summed E-state index contributed by atoms with van der Waals surface area (Å²) in [5.74, 6) is 1.23. The summed E-state index contributed by atoms with van der Waals surface area (Å²) in [5, 5.41) is 12.2. The normalized spacial score (nSPS) is 11.7. The average Bonchev–Trinajstić information content (AvgIpc) is 3.15. The second-order valence-electron chi connectivity index (χ2n) is 4.43. The van der Waals surface area contributed by atoms with E-state index in [2.05, 4.69) is 15.3 Å². The van der Waals surface area contributed by atoms with Gasteiger partial charge in [-0.1, -0.05) is 23.2 Å². The molecule has 0 aliphatic carbocycles. The topological polar surface area (TPSA) is 59.1 Å². The molecule has 0 unspecified atom stereocenters. The number of benzene rings is 1. The van der Waals surface area contributed by atoms with Crippen LogP contribution in [-0.2, 0) is 0 Å². The maximum Gasteiger partial charge on any atom is 0.216 e. The van der Waals surface area contributed by atoms with Gasteiger partial charge in [0.15, 0.2) is 5.82 Å². The number of hydrogen-bond donors (Lipinski definition) is 1. The van der Waals surface area contributed by atoms with E-state index in [1.54, 1.807) is 42.8 Å². The van der Waals surface area contributed by atoms with Gasteiger partial charge in [-0.25, -0.2) is 5.10 Å². The summed E-state index contributed by atoms with van der Waals surface area (Å²) in [6.07, 6.45) is 6.70. The third-order valence-electron chi connectivity index (χ3n) is 2.89. The Labute approximate surface area is 146 Å². The number of allylic oxidation sites excluding steroid dienone is 1. The predicted molar refractivity (Wildman–Crippen MR) is 94.5 cm³/mol. The van der Waals surface area contributed by atoms with Crippen molar-refractivity contribution in [3.63, 3.8) is 0 Å². The molecule has 2 heterocycles. The highest BCUT2D eigenvalue weighted by Gasteiger charge is 2.12. The maximum absolute atomic E-state index is 6.21. The molecule has 0 radical (unpaired) electrons. The fraction of sp³-hybridized carbons (Fsp3) is 0. The lowest BCUT2D eigenvalue weighted by atomic mass is 10.2. The molecule has 2 aromatic heterocycles. The molecular weight excluding hydrogens is 355 g/mol. The zero-order valence-electron chi connectivity index (χ0n) is 11.6. The smallest absolute Gasteiger partial charge is 0.216 e. The van der Waals surface area contributed by atoms with Crippen LogP contribution in [0.1, 0.15) is 5.76 Å². The molecule has 1 N–H and O–H groups in total. The number of H-pyrrole nitrogens is 1. The minimum atomic E-state index is 0.355. The van der Waals surface area contributed by atoms with Crippen LogP contribution >= 0.6 is 35.4 Å². The van der Waals surface area contributed by atoms with Crippen molar-refractivity contribution in [1.29, 1.82) is 0 Å². The number of hydrogen-bond acceptors (Lipinski definition) is 4. The average molecular weight is 365 g/mol. The Balaban J connectivity index is 1.91. The van der Waals surface area contributed by atoms with Crippen molar-refractivity contribution in [1.82, 2.24) is 14.9 Å². The molecular formula is C15H10Cl2N4OS. The highest BCUT2D eigenvalue weighted by atomic mass is 35.5. The summed E-state index contributed by atoms with van der Waals surface area (Å²) < 4.78 is 7.03. The lowest BCUT2D eigenvalue weighted by Crippen LogP contribution is -1.94. The first-order valence-corrected chi connectivity index (χ1v) is 7.69. The number of halogens is 2. The number of rotatable bonds is 4. The van der Waals surface area contributed by atoms with Gasteiger partial charge in [0.25, 0.3) is 0 Å². The molecule has 3 aromatic rings. The number of furan rings is 1. The number of aromatic amines is 1. The van der Waals surface area contributed by atoms with Crippen LogP contribution in [0.25, 0.3) is 17.5 Å². The molecule has 23 heavy (non-hydrogen) atoms. The first-order chi connectivity index (χ1) is 11.1. The molecule has 0 fully saturated rings. The Morgan fingerprint density at radius 3 is 2.91 bits per heavy atom. The third-order valence-corrected chi connectivity index (χ3v) is 3.71. The van der Waals surface area contributed by atoms with Gasteiger partial charge in [0.2, 0.25) is 4.77 Å². The van der Waals surface area contributed by atoms with E-state index in [1.807, 2.05) is 12.1 Å². The van der Waals surface area contributed by atoms with E-state index in [0.29, 0.717) is 26.2 Å². The van der Waals surface area contributed by atoms with Gasteiger partial charge in [-0.15, -0.1) is 0 Å². The standard InChI is InChI=1S/C15H10Cl2N4OS/c16-10-5-6-12(13(17)9-10)14-19-20-15(23)21(14)18-7-1-3-11-4-2-8-22-11/h1-9H,(H,20,23)/b3-1+,18-7+. The van der Waals surface area contributed by atoms with Crippen molar-refractivity contribution in [3.05, 3.63) is 63.2 Å². The van der Waals surface area contributed by atoms with Crippen LogP contribution in [0.15, 0.2) is 52.2 Å². The number of nitrogens with one attached hydrogen (secondary N) is 1. The largest absolute Gasteiger partial charge is 0.465 e. The fourth-order valence-corrected chi connectivity index (χ4v) is 2.55. The Kier molecular flexibility index (Phi) is 4.76. The van der Waals surface area contributed by atoms with Gasteiger partial charge in [-0.2, -0.15) is 14.9 Å². The molecule has 0 spiro atoms. The van der Waals surface area contributed by atoms with E-state index in [9.17, 15) is 0 Å². The van der Waals surface area contributed by atoms with Gasteiger partial charge < -0.3 is 4.42 Å². The van der Waals surface area contributed by atoms with E-state index in [0.717, 1.165) is 5.76 Å². The molecule has 0 bridgehead atoms. The lowest BCUT2D eigenvalue weighted by molar-refractivity contribution is 0.557. The van der Waals surface area contributed by atoms with Crippen LogP contribution in [0.5, 0.6) is 0 Å². The second kappa shape index (κ2) is 6.95. The molecule has 5 nitrogen and oxygen atoms in total. The van der Waals surface area contributed by atoms with Crippen molar-refractivity contribution in [2.75, 3.05) is 0 Å². The van der Waals surface area contributed by atoms with E-state index in [4.69, 9.17) is 39.8 Å². The minimum Gasteiger partial charge on any atom is -0.465 e. The summed E-state index contributed by atoms with van der Waals surface area (Å²) in [6, 6.07) is 8.78. The quantitative estimate of drug-likeness (QED) is 0.520. The maximum atomic E-state index is 6.21. The van der Waals surface area contributed by atoms with Crippen molar-refractivity contribution < 1.29 is 4.42 Å². The van der Waals surface area contributed by atoms with Gasteiger partial charge in [0, 0.05) is 16.8 Å². The third kappa shape index (κ3) is 3.61. The van der Waals surface area contributed by atoms with Gasteiger partial charge in [0.1, 0.15) is 5.76 Å². The molecule has 0 aliphatic rings. The molecule has 0 atom stereocenters. The summed E-state index contributed by atoms with van der Waals surface area (Å²) >= 11 is 17.3. The Hall–Kier alpha value is -2.15. The summed E-state index contributed by atoms with van der Waals surface area (Å²) in [4.78, 5) is 0. The van der Waals surface area contributed by atoms with E-state index < -0.39 is 0 Å². The molecule has 3 rings (SSSR count). The lowest BCUT2D eigenvalue weighted by Gasteiger charge is -2.03. The van der Waals surface area contributed by atoms with Crippen molar-refractivity contribution in [2.45, 2.75) is 0 Å². The zero-order chi connectivity index (χ0) is 16.2. The highest BCUT2D eigenvalue weighted by molar-refractivity contribution is 7.71. The van der Waals surface area contributed by atoms with E-state index >= 15 is 0 Å². The van der Waals surface area contributed by atoms with Crippen molar-refractivity contribution in [3.8, 4) is 11.4 Å². The van der Waals surface area contributed by atoms with Gasteiger partial charge in [-0.3, -0.25) is 0 Å². The number of nitrogens with zero attached hydrogens (tertiary/aromatic N) is 3. The Morgan fingerprint density at radius 2 is 2.17 bits per heavy atom. The van der Waals surface area contributed by atoms with Crippen LogP contribution in [0.2, 0.25) is 10.0 Å². The predicted octanol–water partition coefficient (Wildman–Crippen LogP) is 5.05. The van der Waals surface area contributed by atoms with E-state index in [-0.39, 0.29) is 0 Å². The Bertz CT molecular complexity index is 925. The van der Waals surface area contributed by atoms with Crippen molar-refractivity contribution >= 4 is 47.7 Å². The summed E-state index contributed by atoms with van der Waals surface area (Å²) in [6.45, 7) is 0. The molecule has 116 valence electrons. The SMILES string of the molecule is S=c1[nH]nc(-c2ccc(Cl)cc2Cl)n1/N=C/C=C/c1ccco1. The van der Waals surface area contributed by atoms with Gasteiger partial charge in [0.05, 0.1) is 11.3 Å².